The minimum absolute atomic E-state index is 0.658. The van der Waals surface area contributed by atoms with Crippen LogP contribution in [-0.4, -0.2) is 14.1 Å². The zero-order chi connectivity index (χ0) is 11.4. The minimum atomic E-state index is 0.658. The molecule has 1 aromatic rings. The van der Waals surface area contributed by atoms with E-state index in [9.17, 15) is 0 Å². The molecule has 0 aliphatic heterocycles. The molecule has 1 unspecified atom stereocenters. The molecule has 0 fully saturated rings. The Labute approximate surface area is 98.1 Å². The van der Waals surface area contributed by atoms with Crippen molar-refractivity contribution in [3.63, 3.8) is 0 Å². The first-order valence-corrected chi connectivity index (χ1v) is 5.86. The molecule has 0 N–H and O–H groups in total. The first kappa shape index (κ1) is 11.0. The van der Waals surface area contributed by atoms with Gasteiger partial charge in [-0.2, -0.15) is 0 Å². The van der Waals surface area contributed by atoms with Crippen molar-refractivity contribution in [1.82, 2.24) is 0 Å². The lowest BCUT2D eigenvalue weighted by Crippen LogP contribution is -2.13. The fraction of sp³-hybridized carbons (Fsp3) is 0.333. The molecule has 1 nitrogen and oxygen atoms in total. The Morgan fingerprint density at radius 1 is 1.19 bits per heavy atom. The first-order chi connectivity index (χ1) is 7.77. The summed E-state index contributed by atoms with van der Waals surface area (Å²) in [6, 6.07) is 8.67. The van der Waals surface area contributed by atoms with Crippen LogP contribution in [0.5, 0.6) is 0 Å². The number of benzene rings is 1. The number of nitrogens with zero attached hydrogens (tertiary/aromatic N) is 1. The Balaban J connectivity index is 2.14. The third-order valence-electron chi connectivity index (χ3n) is 3.02. The van der Waals surface area contributed by atoms with Crippen molar-refractivity contribution in [3.8, 4) is 0 Å². The lowest BCUT2D eigenvalue weighted by Gasteiger charge is -2.20. The van der Waals surface area contributed by atoms with Crippen LogP contribution in [0.4, 0.5) is 5.69 Å². The molecule has 84 valence electrons. The number of rotatable bonds is 3. The maximum atomic E-state index is 2.31. The van der Waals surface area contributed by atoms with Gasteiger partial charge in [-0.25, -0.2) is 0 Å². The van der Waals surface area contributed by atoms with Gasteiger partial charge in [0.05, 0.1) is 0 Å². The van der Waals surface area contributed by atoms with Crippen LogP contribution < -0.4 is 4.90 Å². The second kappa shape index (κ2) is 5.02. The summed E-state index contributed by atoms with van der Waals surface area (Å²) in [4.78, 5) is 2.19. The molecule has 1 aliphatic carbocycles. The molecule has 0 spiro atoms. The number of hydrogen-bond donors (Lipinski definition) is 0. The van der Waals surface area contributed by atoms with Gasteiger partial charge in [-0.1, -0.05) is 42.5 Å². The van der Waals surface area contributed by atoms with Gasteiger partial charge in [-0.3, -0.25) is 0 Å². The van der Waals surface area contributed by atoms with Crippen molar-refractivity contribution >= 4 is 5.69 Å². The predicted octanol–water partition coefficient (Wildman–Crippen LogP) is 3.43. The topological polar surface area (TPSA) is 3.24 Å². The molecule has 1 aliphatic rings. The Bertz CT molecular complexity index is 402. The highest BCUT2D eigenvalue weighted by Crippen LogP contribution is 2.24. The molecule has 1 atom stereocenters. The molecule has 1 heteroatoms. The number of para-hydroxylation sites is 1. The maximum Gasteiger partial charge on any atom is 0.0393 e. The average Bonchev–Trinajstić information content (AvgIpc) is 2.31. The maximum absolute atomic E-state index is 2.31. The molecule has 0 saturated carbocycles. The Morgan fingerprint density at radius 2 is 2.00 bits per heavy atom. The Kier molecular flexibility index (Phi) is 3.45. The van der Waals surface area contributed by atoms with Gasteiger partial charge in [0.25, 0.3) is 0 Å². The van der Waals surface area contributed by atoms with Crippen molar-refractivity contribution in [3.05, 3.63) is 54.1 Å². The quantitative estimate of drug-likeness (QED) is 0.743. The second-order valence-corrected chi connectivity index (χ2v) is 4.54. The number of anilines is 1. The van der Waals surface area contributed by atoms with E-state index in [1.54, 1.807) is 0 Å². The predicted molar refractivity (Wildman–Crippen MR) is 70.9 cm³/mol. The van der Waals surface area contributed by atoms with Crippen LogP contribution in [0.2, 0.25) is 0 Å². The Morgan fingerprint density at radius 3 is 2.69 bits per heavy atom. The molecule has 0 aromatic heterocycles. The van der Waals surface area contributed by atoms with E-state index in [0.29, 0.717) is 5.92 Å². The van der Waals surface area contributed by atoms with Crippen LogP contribution in [0.15, 0.2) is 48.6 Å². The SMILES string of the molecule is CN(C)c1ccccc1CC1C=CC=CC1. The van der Waals surface area contributed by atoms with Crippen LogP contribution in [0.25, 0.3) is 0 Å². The van der Waals surface area contributed by atoms with Crippen LogP contribution in [-0.2, 0) is 6.42 Å². The molecule has 1 aromatic carbocycles. The third-order valence-corrected chi connectivity index (χ3v) is 3.02. The number of hydrogen-bond acceptors (Lipinski definition) is 1. The molecule has 0 radical (unpaired) electrons. The standard InChI is InChI=1S/C15H19N/c1-16(2)15-11-7-6-10-14(15)12-13-8-4-3-5-9-13/h3-8,10-11,13H,9,12H2,1-2H3. The molecule has 0 saturated heterocycles. The van der Waals surface area contributed by atoms with E-state index in [0.717, 1.165) is 12.8 Å². The molecule has 16 heavy (non-hydrogen) atoms. The first-order valence-electron chi connectivity index (χ1n) is 5.86. The molecule has 0 heterocycles. The third kappa shape index (κ3) is 2.54. The summed E-state index contributed by atoms with van der Waals surface area (Å²) in [5.74, 6) is 0.658. The van der Waals surface area contributed by atoms with Crippen LogP contribution in [0.3, 0.4) is 0 Å². The highest BCUT2D eigenvalue weighted by atomic mass is 15.1. The minimum Gasteiger partial charge on any atom is -0.377 e. The average molecular weight is 213 g/mol. The van der Waals surface area contributed by atoms with E-state index in [1.165, 1.54) is 11.3 Å². The molecular formula is C15H19N. The second-order valence-electron chi connectivity index (χ2n) is 4.54. The van der Waals surface area contributed by atoms with Crippen LogP contribution in [0, 0.1) is 5.92 Å². The van der Waals surface area contributed by atoms with Crippen LogP contribution >= 0.6 is 0 Å². The smallest absolute Gasteiger partial charge is 0.0393 e. The summed E-state index contributed by atoms with van der Waals surface area (Å²) in [6.45, 7) is 0. The molecule has 0 amide bonds. The Hall–Kier alpha value is -1.50. The lowest BCUT2D eigenvalue weighted by atomic mass is 9.92. The largest absolute Gasteiger partial charge is 0.377 e. The van der Waals surface area contributed by atoms with Crippen molar-refractivity contribution in [2.75, 3.05) is 19.0 Å². The summed E-state index contributed by atoms with van der Waals surface area (Å²) in [5, 5.41) is 0. The normalized spacial score (nSPS) is 18.8. The summed E-state index contributed by atoms with van der Waals surface area (Å²) < 4.78 is 0. The molecular weight excluding hydrogens is 194 g/mol. The fourth-order valence-electron chi connectivity index (χ4n) is 2.19. The van der Waals surface area contributed by atoms with Crippen molar-refractivity contribution in [2.24, 2.45) is 5.92 Å². The van der Waals surface area contributed by atoms with E-state index >= 15 is 0 Å². The summed E-state index contributed by atoms with van der Waals surface area (Å²) in [6.07, 6.45) is 11.2. The number of allylic oxidation sites excluding steroid dienone is 4. The van der Waals surface area contributed by atoms with E-state index in [4.69, 9.17) is 0 Å². The van der Waals surface area contributed by atoms with Crippen molar-refractivity contribution < 1.29 is 0 Å². The van der Waals surface area contributed by atoms with E-state index < -0.39 is 0 Å². The van der Waals surface area contributed by atoms with Gasteiger partial charge in [-0.15, -0.1) is 0 Å². The van der Waals surface area contributed by atoms with Crippen LogP contribution in [0.1, 0.15) is 12.0 Å². The lowest BCUT2D eigenvalue weighted by molar-refractivity contribution is 0.653. The zero-order valence-electron chi connectivity index (χ0n) is 10.1. The summed E-state index contributed by atoms with van der Waals surface area (Å²) in [7, 11) is 4.21. The van der Waals surface area contributed by atoms with Gasteiger partial charge >= 0.3 is 0 Å². The van der Waals surface area contributed by atoms with Gasteiger partial charge in [0.1, 0.15) is 0 Å². The van der Waals surface area contributed by atoms with E-state index in [2.05, 4.69) is 67.6 Å². The van der Waals surface area contributed by atoms with Gasteiger partial charge in [0, 0.05) is 19.8 Å². The van der Waals surface area contributed by atoms with Gasteiger partial charge in [0.15, 0.2) is 0 Å². The van der Waals surface area contributed by atoms with Gasteiger partial charge < -0.3 is 4.90 Å². The summed E-state index contributed by atoms with van der Waals surface area (Å²) >= 11 is 0. The molecule has 0 bridgehead atoms. The monoisotopic (exact) mass is 213 g/mol. The summed E-state index contributed by atoms with van der Waals surface area (Å²) in [5.41, 5.74) is 2.78. The highest BCUT2D eigenvalue weighted by Gasteiger charge is 2.10. The zero-order valence-corrected chi connectivity index (χ0v) is 10.1. The fourth-order valence-corrected chi connectivity index (χ4v) is 2.19. The van der Waals surface area contributed by atoms with Crippen molar-refractivity contribution in [2.45, 2.75) is 12.8 Å². The van der Waals surface area contributed by atoms with Gasteiger partial charge in [0.2, 0.25) is 0 Å². The molecule has 2 rings (SSSR count). The van der Waals surface area contributed by atoms with Gasteiger partial charge in [-0.05, 0) is 30.4 Å². The highest BCUT2D eigenvalue weighted by molar-refractivity contribution is 5.52. The van der Waals surface area contributed by atoms with E-state index in [-0.39, 0.29) is 0 Å². The van der Waals surface area contributed by atoms with E-state index in [1.807, 2.05) is 0 Å². The van der Waals surface area contributed by atoms with Crippen molar-refractivity contribution in [1.29, 1.82) is 0 Å².